The van der Waals surface area contributed by atoms with Gasteiger partial charge >= 0.3 is 0 Å². The van der Waals surface area contributed by atoms with Crippen molar-refractivity contribution in [3.8, 4) is 0 Å². The molecule has 0 aromatic heterocycles. The highest BCUT2D eigenvalue weighted by atomic mass is 16.5. The van der Waals surface area contributed by atoms with E-state index in [-0.39, 0.29) is 60.5 Å². The quantitative estimate of drug-likeness (QED) is 0.175. The summed E-state index contributed by atoms with van der Waals surface area (Å²) in [5.74, 6) is -1.52. The van der Waals surface area contributed by atoms with Crippen molar-refractivity contribution in [1.29, 1.82) is 0 Å². The van der Waals surface area contributed by atoms with Gasteiger partial charge < -0.3 is 35.0 Å². The van der Waals surface area contributed by atoms with E-state index in [1.165, 1.54) is 0 Å². The SMILES string of the molecule is CC[C@H](C)[C@@H]([C@@H](CC(=O)N1CCC[C@H]1[C@H](OC)[C@@H](C)C(=O)N[C@H](CO)Cc1ccccc1)OC)N(C)C(=O)C(NC(=O)[C@H](C(C)C)N(C)C)C(C)C. The van der Waals surface area contributed by atoms with E-state index in [2.05, 4.69) is 10.6 Å². The highest BCUT2D eigenvalue weighted by molar-refractivity contribution is 5.90. The van der Waals surface area contributed by atoms with E-state index in [0.29, 0.717) is 19.4 Å². The van der Waals surface area contributed by atoms with Crippen molar-refractivity contribution in [1.82, 2.24) is 25.3 Å². The van der Waals surface area contributed by atoms with Crippen molar-refractivity contribution in [2.24, 2.45) is 23.7 Å². The molecule has 2 rings (SSSR count). The van der Waals surface area contributed by atoms with E-state index in [1.807, 2.05) is 90.9 Å². The van der Waals surface area contributed by atoms with Gasteiger partial charge in [0.25, 0.3) is 0 Å². The Morgan fingerprint density at radius 1 is 0.923 bits per heavy atom. The second-order valence-corrected chi connectivity index (χ2v) is 15.5. The van der Waals surface area contributed by atoms with Crippen molar-refractivity contribution in [2.75, 3.05) is 48.5 Å². The number of nitrogens with one attached hydrogen (secondary N) is 2. The molecule has 12 heteroatoms. The van der Waals surface area contributed by atoms with Crippen LogP contribution in [0.25, 0.3) is 0 Å². The predicted molar refractivity (Wildman–Crippen MR) is 204 cm³/mol. The lowest BCUT2D eigenvalue weighted by molar-refractivity contribution is -0.148. The van der Waals surface area contributed by atoms with Crippen LogP contribution in [-0.2, 0) is 35.1 Å². The second-order valence-electron chi connectivity index (χ2n) is 15.5. The summed E-state index contributed by atoms with van der Waals surface area (Å²) in [7, 11) is 8.58. The number of amides is 4. The van der Waals surface area contributed by atoms with Gasteiger partial charge in [-0.3, -0.25) is 24.1 Å². The lowest BCUT2D eigenvalue weighted by atomic mass is 9.89. The average molecular weight is 732 g/mol. The van der Waals surface area contributed by atoms with Crippen LogP contribution in [0.5, 0.6) is 0 Å². The summed E-state index contributed by atoms with van der Waals surface area (Å²) in [6, 6.07) is 7.32. The number of carbonyl (C=O) groups is 4. The topological polar surface area (TPSA) is 141 Å². The van der Waals surface area contributed by atoms with Crippen molar-refractivity contribution < 1.29 is 33.8 Å². The molecule has 296 valence electrons. The first-order valence-electron chi connectivity index (χ1n) is 19.1. The molecule has 1 heterocycles. The zero-order valence-electron chi connectivity index (χ0n) is 33.9. The molecule has 4 amide bonds. The molecule has 52 heavy (non-hydrogen) atoms. The molecular weight excluding hydrogens is 662 g/mol. The molecule has 1 aliphatic rings. The number of hydrogen-bond acceptors (Lipinski definition) is 8. The first kappa shape index (κ1) is 45.1. The zero-order valence-corrected chi connectivity index (χ0v) is 33.9. The summed E-state index contributed by atoms with van der Waals surface area (Å²) < 4.78 is 11.9. The normalized spacial score (nSPS) is 19.5. The van der Waals surface area contributed by atoms with Crippen LogP contribution in [0.1, 0.15) is 79.7 Å². The van der Waals surface area contributed by atoms with Gasteiger partial charge in [0.2, 0.25) is 23.6 Å². The number of likely N-dealkylation sites (N-methyl/N-ethyl adjacent to an activating group) is 2. The van der Waals surface area contributed by atoms with Crippen LogP contribution in [0.2, 0.25) is 0 Å². The number of ether oxygens (including phenoxy) is 2. The molecule has 0 spiro atoms. The summed E-state index contributed by atoms with van der Waals surface area (Å²) in [6.45, 7) is 14.0. The number of rotatable bonds is 21. The van der Waals surface area contributed by atoms with Gasteiger partial charge in [-0.15, -0.1) is 0 Å². The third-order valence-electron chi connectivity index (χ3n) is 10.8. The van der Waals surface area contributed by atoms with Gasteiger partial charge in [-0.25, -0.2) is 0 Å². The van der Waals surface area contributed by atoms with Gasteiger partial charge in [0, 0.05) is 27.8 Å². The van der Waals surface area contributed by atoms with Gasteiger partial charge in [0.1, 0.15) is 6.04 Å². The molecule has 1 fully saturated rings. The fourth-order valence-corrected chi connectivity index (χ4v) is 7.80. The van der Waals surface area contributed by atoms with E-state index in [9.17, 15) is 24.3 Å². The number of carbonyl (C=O) groups excluding carboxylic acids is 4. The van der Waals surface area contributed by atoms with Crippen LogP contribution in [0.4, 0.5) is 0 Å². The van der Waals surface area contributed by atoms with Gasteiger partial charge in [-0.05, 0) is 56.7 Å². The van der Waals surface area contributed by atoms with Crippen molar-refractivity contribution >= 4 is 23.6 Å². The zero-order chi connectivity index (χ0) is 39.3. The van der Waals surface area contributed by atoms with Crippen LogP contribution < -0.4 is 10.6 Å². The molecule has 1 aromatic carbocycles. The smallest absolute Gasteiger partial charge is 0.245 e. The summed E-state index contributed by atoms with van der Waals surface area (Å²) in [6.07, 6.45) is 1.54. The van der Waals surface area contributed by atoms with Crippen LogP contribution in [-0.4, -0.2) is 134 Å². The van der Waals surface area contributed by atoms with E-state index in [0.717, 1.165) is 18.4 Å². The number of aliphatic hydroxyl groups is 1. The van der Waals surface area contributed by atoms with Gasteiger partial charge in [0.05, 0.1) is 55.3 Å². The number of hydrogen-bond donors (Lipinski definition) is 3. The van der Waals surface area contributed by atoms with Crippen molar-refractivity contribution in [3.63, 3.8) is 0 Å². The summed E-state index contributed by atoms with van der Waals surface area (Å²) in [5, 5.41) is 16.0. The number of methoxy groups -OCH3 is 2. The van der Waals surface area contributed by atoms with E-state index in [4.69, 9.17) is 9.47 Å². The lowest BCUT2D eigenvalue weighted by Crippen LogP contribution is -2.59. The third-order valence-corrected chi connectivity index (χ3v) is 10.8. The first-order chi connectivity index (χ1) is 24.5. The maximum absolute atomic E-state index is 14.2. The fraction of sp³-hybridized carbons (Fsp3) is 0.750. The Morgan fingerprint density at radius 2 is 1.56 bits per heavy atom. The molecule has 1 aromatic rings. The minimum Gasteiger partial charge on any atom is -0.394 e. The van der Waals surface area contributed by atoms with Gasteiger partial charge in [0.15, 0.2) is 0 Å². The van der Waals surface area contributed by atoms with Crippen molar-refractivity contribution in [3.05, 3.63) is 35.9 Å². The number of likely N-dealkylation sites (tertiary alicyclic amines) is 1. The molecular formula is C40H69N5O7. The minimum atomic E-state index is -0.755. The summed E-state index contributed by atoms with van der Waals surface area (Å²) in [5.41, 5.74) is 1.01. The van der Waals surface area contributed by atoms with Crippen LogP contribution in [0.3, 0.4) is 0 Å². The molecule has 12 nitrogen and oxygen atoms in total. The Labute approximate surface area is 313 Å². The number of aliphatic hydroxyl groups excluding tert-OH is 1. The Hall–Kier alpha value is -3.06. The van der Waals surface area contributed by atoms with E-state index < -0.39 is 42.3 Å². The standard InChI is InChI=1S/C40H69N5O7/c1-13-27(6)36(44(10)40(50)34(25(2)3)42-39(49)35(26(4)5)43(8)9)32(51-11)23-33(47)45-21-17-20-31(45)37(52-12)28(7)38(48)41-30(24-46)22-29-18-15-14-16-19-29/h14-16,18-19,25-28,30-32,34-37,46H,13,17,20-24H2,1-12H3,(H,41,48)(H,42,49)/t27-,28+,30-,31-,32+,34?,35-,36-,37+/m0/s1. The molecule has 0 saturated carbocycles. The Bertz CT molecular complexity index is 1250. The monoisotopic (exact) mass is 732 g/mol. The molecule has 1 aliphatic heterocycles. The maximum atomic E-state index is 14.2. The van der Waals surface area contributed by atoms with Gasteiger partial charge in [-0.2, -0.15) is 0 Å². The number of nitrogens with zero attached hydrogens (tertiary/aromatic N) is 3. The largest absolute Gasteiger partial charge is 0.394 e. The fourth-order valence-electron chi connectivity index (χ4n) is 7.80. The molecule has 0 bridgehead atoms. The predicted octanol–water partition coefficient (Wildman–Crippen LogP) is 3.35. The van der Waals surface area contributed by atoms with Crippen LogP contribution >= 0.6 is 0 Å². The van der Waals surface area contributed by atoms with Crippen LogP contribution in [0, 0.1) is 23.7 Å². The summed E-state index contributed by atoms with van der Waals surface area (Å²) >= 11 is 0. The first-order valence-corrected chi connectivity index (χ1v) is 19.1. The maximum Gasteiger partial charge on any atom is 0.245 e. The molecule has 1 saturated heterocycles. The van der Waals surface area contributed by atoms with Crippen molar-refractivity contribution in [2.45, 2.75) is 123 Å². The highest BCUT2D eigenvalue weighted by Gasteiger charge is 2.43. The third kappa shape index (κ3) is 12.0. The molecule has 0 aliphatic carbocycles. The average Bonchev–Trinajstić information content (AvgIpc) is 3.59. The molecule has 1 unspecified atom stereocenters. The van der Waals surface area contributed by atoms with E-state index >= 15 is 0 Å². The molecule has 9 atom stereocenters. The Morgan fingerprint density at radius 3 is 2.06 bits per heavy atom. The highest BCUT2D eigenvalue weighted by Crippen LogP contribution is 2.30. The minimum absolute atomic E-state index is 0.0134. The molecule has 0 radical (unpaired) electrons. The number of benzene rings is 1. The summed E-state index contributed by atoms with van der Waals surface area (Å²) in [4.78, 5) is 60.6. The lowest BCUT2D eigenvalue weighted by Gasteiger charge is -2.41. The van der Waals surface area contributed by atoms with Gasteiger partial charge in [-0.1, -0.05) is 85.2 Å². The molecule has 3 N–H and O–H groups in total. The second kappa shape index (κ2) is 21.6. The Balaban J connectivity index is 2.25. The Kier molecular flexibility index (Phi) is 18.7. The van der Waals surface area contributed by atoms with Crippen LogP contribution in [0.15, 0.2) is 30.3 Å². The van der Waals surface area contributed by atoms with E-state index in [1.54, 1.807) is 38.0 Å².